The van der Waals surface area contributed by atoms with Crippen LogP contribution < -0.4 is 4.74 Å². The highest BCUT2D eigenvalue weighted by Gasteiger charge is 2.09. The van der Waals surface area contributed by atoms with E-state index in [1.165, 1.54) is 6.92 Å². The number of Topliss-reactive ketones (excluding diaryl/α,β-unsaturated/α-hetero) is 1. The third kappa shape index (κ3) is 3.75. The lowest BCUT2D eigenvalue weighted by molar-refractivity contribution is 0.101. The number of imidazole rings is 1. The molecule has 5 heteroatoms. The maximum Gasteiger partial charge on any atom is 0.160 e. The summed E-state index contributed by atoms with van der Waals surface area (Å²) in [6, 6.07) is 12.9. The first-order chi connectivity index (χ1) is 12.1. The number of hydrogen-bond acceptors (Lipinski definition) is 4. The average Bonchev–Trinajstić information content (AvgIpc) is 3.08. The van der Waals surface area contributed by atoms with Crippen LogP contribution in [0.5, 0.6) is 11.5 Å². The molecule has 0 saturated heterocycles. The summed E-state index contributed by atoms with van der Waals surface area (Å²) in [5, 5.41) is 9.33. The predicted octanol–water partition coefficient (Wildman–Crippen LogP) is 4.11. The van der Waals surface area contributed by atoms with Gasteiger partial charge >= 0.3 is 0 Å². The van der Waals surface area contributed by atoms with Crippen molar-refractivity contribution in [2.45, 2.75) is 20.4 Å². The standard InChI is InChI=1S/C20H17N3O2/c1-14-9-18(5-6-19(14)15(2)24)25-20-10-16(3-4-17(20)11-21)12-23-8-7-22-13-23/h3-10,13H,12H2,1-2H3. The third-order valence-corrected chi connectivity index (χ3v) is 3.90. The molecule has 3 rings (SSSR count). The van der Waals surface area contributed by atoms with Gasteiger partial charge < -0.3 is 9.30 Å². The van der Waals surface area contributed by atoms with Crippen LogP contribution in [0.2, 0.25) is 0 Å². The molecule has 0 bridgehead atoms. The van der Waals surface area contributed by atoms with E-state index in [1.807, 2.05) is 29.8 Å². The Labute approximate surface area is 146 Å². The number of nitrogens with zero attached hydrogens (tertiary/aromatic N) is 3. The zero-order valence-corrected chi connectivity index (χ0v) is 14.1. The van der Waals surface area contributed by atoms with Crippen molar-refractivity contribution in [3.8, 4) is 17.6 Å². The molecule has 124 valence electrons. The van der Waals surface area contributed by atoms with Crippen LogP contribution in [0.4, 0.5) is 0 Å². The minimum Gasteiger partial charge on any atom is -0.456 e. The molecule has 1 aromatic heterocycles. The fraction of sp³-hybridized carbons (Fsp3) is 0.150. The highest BCUT2D eigenvalue weighted by atomic mass is 16.5. The number of aryl methyl sites for hydroxylation is 1. The van der Waals surface area contributed by atoms with Gasteiger partial charge in [0.05, 0.1) is 11.9 Å². The Kier molecular flexibility index (Phi) is 4.62. The number of carbonyl (C=O) groups excluding carboxylic acids is 1. The molecule has 0 aliphatic heterocycles. The van der Waals surface area contributed by atoms with E-state index < -0.39 is 0 Å². The third-order valence-electron chi connectivity index (χ3n) is 3.90. The second-order valence-corrected chi connectivity index (χ2v) is 5.81. The monoisotopic (exact) mass is 331 g/mol. The molecule has 2 aromatic carbocycles. The first-order valence-electron chi connectivity index (χ1n) is 7.85. The zero-order chi connectivity index (χ0) is 17.8. The Hall–Kier alpha value is -3.39. The number of carbonyl (C=O) groups is 1. The van der Waals surface area contributed by atoms with Crippen LogP contribution in [0.15, 0.2) is 55.1 Å². The minimum absolute atomic E-state index is 0.0177. The molecular weight excluding hydrogens is 314 g/mol. The van der Waals surface area contributed by atoms with Crippen LogP contribution in [-0.2, 0) is 6.54 Å². The highest BCUT2D eigenvalue weighted by Crippen LogP contribution is 2.28. The van der Waals surface area contributed by atoms with Crippen molar-refractivity contribution in [1.29, 1.82) is 5.26 Å². The number of nitriles is 1. The summed E-state index contributed by atoms with van der Waals surface area (Å²) in [6.07, 6.45) is 5.34. The largest absolute Gasteiger partial charge is 0.456 e. The first kappa shape index (κ1) is 16.5. The quantitative estimate of drug-likeness (QED) is 0.660. The molecule has 0 saturated carbocycles. The van der Waals surface area contributed by atoms with Crippen molar-refractivity contribution < 1.29 is 9.53 Å². The van der Waals surface area contributed by atoms with Crippen molar-refractivity contribution in [2.24, 2.45) is 0 Å². The van der Waals surface area contributed by atoms with Crippen LogP contribution in [0, 0.1) is 18.3 Å². The van der Waals surface area contributed by atoms with Crippen LogP contribution in [0.3, 0.4) is 0 Å². The van der Waals surface area contributed by atoms with E-state index >= 15 is 0 Å². The molecule has 5 nitrogen and oxygen atoms in total. The molecule has 0 aliphatic rings. The fourth-order valence-electron chi connectivity index (χ4n) is 2.65. The van der Waals surface area contributed by atoms with Gasteiger partial charge in [0.25, 0.3) is 0 Å². The second kappa shape index (κ2) is 7.02. The van der Waals surface area contributed by atoms with Gasteiger partial charge in [0, 0.05) is 24.5 Å². The topological polar surface area (TPSA) is 67.9 Å². The summed E-state index contributed by atoms with van der Waals surface area (Å²) in [5.74, 6) is 1.11. The molecule has 0 atom stereocenters. The molecule has 0 amide bonds. The molecule has 0 fully saturated rings. The Balaban J connectivity index is 1.89. The molecule has 0 radical (unpaired) electrons. The number of aromatic nitrogens is 2. The Bertz CT molecular complexity index is 954. The maximum absolute atomic E-state index is 11.5. The van der Waals surface area contributed by atoms with Crippen LogP contribution in [0.25, 0.3) is 0 Å². The lowest BCUT2D eigenvalue weighted by Crippen LogP contribution is -1.99. The lowest BCUT2D eigenvalue weighted by atomic mass is 10.1. The summed E-state index contributed by atoms with van der Waals surface area (Å²) >= 11 is 0. The van der Waals surface area contributed by atoms with Gasteiger partial charge in [-0.1, -0.05) is 6.07 Å². The molecule has 1 heterocycles. The van der Waals surface area contributed by atoms with Crippen molar-refractivity contribution >= 4 is 5.78 Å². The lowest BCUT2D eigenvalue weighted by Gasteiger charge is -2.11. The second-order valence-electron chi connectivity index (χ2n) is 5.81. The molecule has 0 spiro atoms. The van der Waals surface area contributed by atoms with Gasteiger partial charge in [0.15, 0.2) is 5.78 Å². The summed E-state index contributed by atoms with van der Waals surface area (Å²) in [6.45, 7) is 4.05. The number of hydrogen-bond donors (Lipinski definition) is 0. The summed E-state index contributed by atoms with van der Waals surface area (Å²) in [7, 11) is 0. The summed E-state index contributed by atoms with van der Waals surface area (Å²) in [5.41, 5.74) is 2.98. The maximum atomic E-state index is 11.5. The molecule has 0 aliphatic carbocycles. The van der Waals surface area contributed by atoms with Crippen molar-refractivity contribution in [3.63, 3.8) is 0 Å². The van der Waals surface area contributed by atoms with Gasteiger partial charge in [0.1, 0.15) is 17.6 Å². The molecule has 25 heavy (non-hydrogen) atoms. The summed E-state index contributed by atoms with van der Waals surface area (Å²) < 4.78 is 7.86. The first-order valence-corrected chi connectivity index (χ1v) is 7.85. The highest BCUT2D eigenvalue weighted by molar-refractivity contribution is 5.95. The van der Waals surface area contributed by atoms with Gasteiger partial charge in [-0.25, -0.2) is 4.98 Å². The van der Waals surface area contributed by atoms with Crippen LogP contribution in [0.1, 0.15) is 34.0 Å². The van der Waals surface area contributed by atoms with E-state index in [1.54, 1.807) is 36.8 Å². The van der Waals surface area contributed by atoms with E-state index in [9.17, 15) is 10.1 Å². The van der Waals surface area contributed by atoms with Gasteiger partial charge in [-0.3, -0.25) is 4.79 Å². The van der Waals surface area contributed by atoms with Gasteiger partial charge in [-0.05, 0) is 55.3 Å². The van der Waals surface area contributed by atoms with E-state index in [0.29, 0.717) is 29.2 Å². The zero-order valence-electron chi connectivity index (χ0n) is 14.1. The predicted molar refractivity (Wildman–Crippen MR) is 93.7 cm³/mol. The van der Waals surface area contributed by atoms with Gasteiger partial charge in [-0.15, -0.1) is 0 Å². The van der Waals surface area contributed by atoms with Crippen LogP contribution in [-0.4, -0.2) is 15.3 Å². The Morgan fingerprint density at radius 3 is 2.76 bits per heavy atom. The average molecular weight is 331 g/mol. The normalized spacial score (nSPS) is 10.3. The molecular formula is C20H17N3O2. The van der Waals surface area contributed by atoms with Crippen molar-refractivity contribution in [1.82, 2.24) is 9.55 Å². The van der Waals surface area contributed by atoms with E-state index in [4.69, 9.17) is 4.74 Å². The number of ketones is 1. The minimum atomic E-state index is 0.0177. The van der Waals surface area contributed by atoms with Gasteiger partial charge in [-0.2, -0.15) is 5.26 Å². The SMILES string of the molecule is CC(=O)c1ccc(Oc2cc(Cn3ccnc3)ccc2C#N)cc1C. The number of benzene rings is 2. The smallest absolute Gasteiger partial charge is 0.160 e. The van der Waals surface area contributed by atoms with E-state index in [0.717, 1.165) is 11.1 Å². The summed E-state index contributed by atoms with van der Waals surface area (Å²) in [4.78, 5) is 15.6. The number of ether oxygens (including phenoxy) is 1. The Morgan fingerprint density at radius 2 is 2.12 bits per heavy atom. The van der Waals surface area contributed by atoms with Crippen molar-refractivity contribution in [3.05, 3.63) is 77.4 Å². The fourth-order valence-corrected chi connectivity index (χ4v) is 2.65. The van der Waals surface area contributed by atoms with Crippen molar-refractivity contribution in [2.75, 3.05) is 0 Å². The number of rotatable bonds is 5. The Morgan fingerprint density at radius 1 is 1.28 bits per heavy atom. The van der Waals surface area contributed by atoms with Crippen LogP contribution >= 0.6 is 0 Å². The van der Waals surface area contributed by atoms with E-state index in [2.05, 4.69) is 11.1 Å². The van der Waals surface area contributed by atoms with Gasteiger partial charge in [0.2, 0.25) is 0 Å². The molecule has 0 unspecified atom stereocenters. The molecule has 3 aromatic rings. The van der Waals surface area contributed by atoms with E-state index in [-0.39, 0.29) is 5.78 Å². The molecule has 0 N–H and O–H groups in total.